The summed E-state index contributed by atoms with van der Waals surface area (Å²) >= 11 is 1.47. The average molecular weight is 424 g/mol. The van der Waals surface area contributed by atoms with Crippen LogP contribution in [0.1, 0.15) is 16.7 Å². The van der Waals surface area contributed by atoms with Gasteiger partial charge in [0.25, 0.3) is 10.0 Å². The molecule has 2 aromatic carbocycles. The first-order chi connectivity index (χ1) is 13.9. The maximum atomic E-state index is 13.2. The van der Waals surface area contributed by atoms with Crippen LogP contribution in [-0.2, 0) is 16.6 Å². The number of sulfonamides is 1. The molecule has 2 aromatic heterocycles. The molecule has 2 heterocycles. The summed E-state index contributed by atoms with van der Waals surface area (Å²) in [7, 11) is -3.80. The normalized spacial score (nSPS) is 11.5. The fourth-order valence-corrected chi connectivity index (χ4v) is 5.05. The molecule has 4 aromatic rings. The van der Waals surface area contributed by atoms with E-state index in [1.165, 1.54) is 11.3 Å². The highest BCUT2D eigenvalue weighted by molar-refractivity contribution is 7.92. The molecule has 5 nitrogen and oxygen atoms in total. The fourth-order valence-electron chi connectivity index (χ4n) is 3.05. The summed E-state index contributed by atoms with van der Waals surface area (Å²) in [6.07, 6.45) is 1.60. The van der Waals surface area contributed by atoms with Crippen molar-refractivity contribution in [3.05, 3.63) is 88.9 Å². The number of aromatic nitrogens is 2. The number of rotatable bonds is 6. The van der Waals surface area contributed by atoms with Crippen molar-refractivity contribution in [2.75, 3.05) is 4.72 Å². The quantitative estimate of drug-likeness (QED) is 0.470. The topological polar surface area (TPSA) is 64.0 Å². The first-order valence-corrected chi connectivity index (χ1v) is 11.5. The third kappa shape index (κ3) is 4.26. The lowest BCUT2D eigenvalue weighted by Gasteiger charge is -2.09. The van der Waals surface area contributed by atoms with Crippen molar-refractivity contribution in [2.24, 2.45) is 0 Å². The van der Waals surface area contributed by atoms with Gasteiger partial charge in [-0.25, -0.2) is 8.42 Å². The van der Waals surface area contributed by atoms with Crippen LogP contribution < -0.4 is 4.72 Å². The third-order valence-corrected chi connectivity index (χ3v) is 6.98. The van der Waals surface area contributed by atoms with Crippen LogP contribution in [0.3, 0.4) is 0 Å². The van der Waals surface area contributed by atoms with Gasteiger partial charge in [0.15, 0.2) is 0 Å². The van der Waals surface area contributed by atoms with E-state index in [0.717, 1.165) is 21.6 Å². The lowest BCUT2D eigenvalue weighted by Crippen LogP contribution is -2.13. The van der Waals surface area contributed by atoms with Crippen molar-refractivity contribution >= 4 is 27.0 Å². The van der Waals surface area contributed by atoms with Gasteiger partial charge in [0.1, 0.15) is 10.6 Å². The molecule has 29 heavy (non-hydrogen) atoms. The van der Waals surface area contributed by atoms with Gasteiger partial charge >= 0.3 is 0 Å². The molecule has 0 radical (unpaired) electrons. The molecule has 148 valence electrons. The Hall–Kier alpha value is -2.90. The Morgan fingerprint density at radius 3 is 2.48 bits per heavy atom. The van der Waals surface area contributed by atoms with Gasteiger partial charge in [0, 0.05) is 11.9 Å². The number of aryl methyl sites for hydroxylation is 2. The van der Waals surface area contributed by atoms with Crippen LogP contribution in [0.2, 0.25) is 0 Å². The molecule has 0 bridgehead atoms. The van der Waals surface area contributed by atoms with E-state index in [1.54, 1.807) is 16.9 Å². The number of nitrogens with one attached hydrogen (secondary N) is 1. The zero-order valence-electron chi connectivity index (χ0n) is 16.2. The fraction of sp³-hybridized carbons (Fsp3) is 0.136. The van der Waals surface area contributed by atoms with Crippen LogP contribution in [-0.4, -0.2) is 18.2 Å². The van der Waals surface area contributed by atoms with Crippen molar-refractivity contribution < 1.29 is 8.42 Å². The lowest BCUT2D eigenvalue weighted by molar-refractivity contribution is 0.601. The summed E-state index contributed by atoms with van der Waals surface area (Å²) in [5.74, 6) is 0. The van der Waals surface area contributed by atoms with Gasteiger partial charge in [-0.15, -0.1) is 11.3 Å². The summed E-state index contributed by atoms with van der Waals surface area (Å²) < 4.78 is 30.8. The highest BCUT2D eigenvalue weighted by Gasteiger charge is 2.24. The van der Waals surface area contributed by atoms with Crippen LogP contribution in [0.4, 0.5) is 5.69 Å². The average Bonchev–Trinajstić information content (AvgIpc) is 3.35. The third-order valence-electron chi connectivity index (χ3n) is 4.72. The molecule has 4 rings (SSSR count). The van der Waals surface area contributed by atoms with Crippen molar-refractivity contribution in [1.29, 1.82) is 0 Å². The zero-order chi connectivity index (χ0) is 20.4. The zero-order valence-corrected chi connectivity index (χ0v) is 17.8. The van der Waals surface area contributed by atoms with Crippen LogP contribution in [0.15, 0.2) is 77.1 Å². The standard InChI is InChI=1S/C22H21N3O2S2/c1-16-10-11-19(13-17(16)2)24-29(26,27)21-15-25(14-18-7-4-3-5-8-18)23-22(21)20-9-6-12-28-20/h3-13,15,24H,14H2,1-2H3. The van der Waals surface area contributed by atoms with Crippen molar-refractivity contribution in [3.63, 3.8) is 0 Å². The SMILES string of the molecule is Cc1ccc(NS(=O)(=O)c2cn(Cc3ccccc3)nc2-c2cccs2)cc1C. The minimum atomic E-state index is -3.80. The lowest BCUT2D eigenvalue weighted by atomic mass is 10.1. The highest BCUT2D eigenvalue weighted by atomic mass is 32.2. The van der Waals surface area contributed by atoms with Crippen LogP contribution in [0.25, 0.3) is 10.6 Å². The van der Waals surface area contributed by atoms with Crippen LogP contribution >= 0.6 is 11.3 Å². The number of hydrogen-bond donors (Lipinski definition) is 1. The number of anilines is 1. The number of benzene rings is 2. The van der Waals surface area contributed by atoms with E-state index in [2.05, 4.69) is 9.82 Å². The molecule has 0 fully saturated rings. The monoisotopic (exact) mass is 423 g/mol. The molecule has 1 N–H and O–H groups in total. The Morgan fingerprint density at radius 2 is 1.79 bits per heavy atom. The Morgan fingerprint density at radius 1 is 1.00 bits per heavy atom. The van der Waals surface area contributed by atoms with E-state index in [4.69, 9.17) is 0 Å². The molecule has 0 atom stereocenters. The van der Waals surface area contributed by atoms with Gasteiger partial charge in [0.2, 0.25) is 0 Å². The molecule has 7 heteroatoms. The first-order valence-electron chi connectivity index (χ1n) is 9.18. The van der Waals surface area contributed by atoms with Gasteiger partial charge in [-0.1, -0.05) is 42.5 Å². The second-order valence-electron chi connectivity index (χ2n) is 6.91. The van der Waals surface area contributed by atoms with Crippen LogP contribution in [0.5, 0.6) is 0 Å². The second-order valence-corrected chi connectivity index (χ2v) is 9.51. The van der Waals surface area contributed by atoms with E-state index in [9.17, 15) is 8.42 Å². The van der Waals surface area contributed by atoms with E-state index < -0.39 is 10.0 Å². The van der Waals surface area contributed by atoms with Crippen molar-refractivity contribution in [2.45, 2.75) is 25.3 Å². The molecule has 0 amide bonds. The van der Waals surface area contributed by atoms with E-state index in [-0.39, 0.29) is 4.90 Å². The minimum absolute atomic E-state index is 0.175. The predicted octanol–water partition coefficient (Wildman–Crippen LogP) is 5.08. The largest absolute Gasteiger partial charge is 0.280 e. The molecule has 0 aliphatic rings. The Bertz CT molecular complexity index is 1230. The molecular weight excluding hydrogens is 402 g/mol. The molecule has 0 spiro atoms. The summed E-state index contributed by atoms with van der Waals surface area (Å²) in [5, 5.41) is 6.51. The molecular formula is C22H21N3O2S2. The Kier molecular flexibility index (Phi) is 5.25. The summed E-state index contributed by atoms with van der Waals surface area (Å²) in [6.45, 7) is 4.45. The van der Waals surface area contributed by atoms with Crippen molar-refractivity contribution in [3.8, 4) is 10.6 Å². The molecule has 0 unspecified atom stereocenters. The minimum Gasteiger partial charge on any atom is -0.280 e. The summed E-state index contributed by atoms with van der Waals surface area (Å²) in [6, 6.07) is 19.2. The van der Waals surface area contributed by atoms with Gasteiger partial charge < -0.3 is 0 Å². The molecule has 0 aliphatic carbocycles. The van der Waals surface area contributed by atoms with Crippen molar-refractivity contribution in [1.82, 2.24) is 9.78 Å². The predicted molar refractivity (Wildman–Crippen MR) is 118 cm³/mol. The summed E-state index contributed by atoms with van der Waals surface area (Å²) in [4.78, 5) is 0.992. The maximum absolute atomic E-state index is 13.2. The maximum Gasteiger partial charge on any atom is 0.265 e. The van der Waals surface area contributed by atoms with Gasteiger partial charge in [0.05, 0.1) is 11.4 Å². The van der Waals surface area contributed by atoms with E-state index >= 15 is 0 Å². The highest BCUT2D eigenvalue weighted by Crippen LogP contribution is 2.31. The molecule has 0 aliphatic heterocycles. The van der Waals surface area contributed by atoms with Crippen LogP contribution in [0, 0.1) is 13.8 Å². The van der Waals surface area contributed by atoms with Gasteiger partial charge in [-0.2, -0.15) is 5.10 Å². The molecule has 0 saturated carbocycles. The van der Waals surface area contributed by atoms with E-state index in [1.807, 2.05) is 73.8 Å². The van der Waals surface area contributed by atoms with E-state index in [0.29, 0.717) is 17.9 Å². The number of thiophene rings is 1. The van der Waals surface area contributed by atoms with Gasteiger partial charge in [-0.05, 0) is 54.1 Å². The summed E-state index contributed by atoms with van der Waals surface area (Å²) in [5.41, 5.74) is 4.21. The Balaban J connectivity index is 1.73. The molecule has 0 saturated heterocycles. The number of nitrogens with zero attached hydrogens (tertiary/aromatic N) is 2. The van der Waals surface area contributed by atoms with Gasteiger partial charge in [-0.3, -0.25) is 9.40 Å². The first kappa shape index (κ1) is 19.4. The Labute approximate surface area is 174 Å². The smallest absolute Gasteiger partial charge is 0.265 e. The second kappa shape index (κ2) is 7.85. The number of hydrogen-bond acceptors (Lipinski definition) is 4.